The first-order valence-electron chi connectivity index (χ1n) is 4.67. The number of pyridine rings is 1. The van der Waals surface area contributed by atoms with Gasteiger partial charge in [-0.15, -0.1) is 12.4 Å². The van der Waals surface area contributed by atoms with E-state index in [9.17, 15) is 0 Å². The van der Waals surface area contributed by atoms with Crippen LogP contribution >= 0.6 is 12.4 Å². The van der Waals surface area contributed by atoms with Crippen LogP contribution in [0.25, 0.3) is 10.9 Å². The van der Waals surface area contributed by atoms with Crippen LogP contribution in [0.2, 0.25) is 0 Å². The number of nitrogens with one attached hydrogen (secondary N) is 1. The molecular formula is C11H14ClN3O. The lowest BCUT2D eigenvalue weighted by Gasteiger charge is -2.09. The van der Waals surface area contributed by atoms with Crippen LogP contribution in [0.5, 0.6) is 5.75 Å². The van der Waals surface area contributed by atoms with Crippen LogP contribution in [0, 0.1) is 6.92 Å². The van der Waals surface area contributed by atoms with Gasteiger partial charge in [-0.25, -0.2) is 4.98 Å². The fourth-order valence-corrected chi connectivity index (χ4v) is 1.63. The maximum Gasteiger partial charge on any atom is 0.145 e. The summed E-state index contributed by atoms with van der Waals surface area (Å²) in [5.74, 6) is 6.21. The molecule has 0 atom stereocenters. The van der Waals surface area contributed by atoms with E-state index in [0.717, 1.165) is 28.0 Å². The second-order valence-electron chi connectivity index (χ2n) is 3.31. The van der Waals surface area contributed by atoms with Crippen LogP contribution in [0.1, 0.15) is 5.69 Å². The molecule has 1 heterocycles. The largest absolute Gasteiger partial charge is 0.494 e. The lowest BCUT2D eigenvalue weighted by atomic mass is 10.1. The Labute approximate surface area is 100 Å². The third-order valence-electron chi connectivity index (χ3n) is 2.31. The standard InChI is InChI=1S/C11H13N3O.ClH/c1-7-6-9(14-12)8-4-3-5-10(15-2)11(8)13-7;/h3-6H,12H2,1-2H3,(H,13,14);1H. The van der Waals surface area contributed by atoms with Crippen molar-refractivity contribution in [2.24, 2.45) is 5.84 Å². The Hall–Kier alpha value is -1.52. The second kappa shape index (κ2) is 5.01. The van der Waals surface area contributed by atoms with Crippen LogP contribution < -0.4 is 16.0 Å². The molecule has 0 aliphatic carbocycles. The number of rotatable bonds is 2. The predicted octanol–water partition coefficient (Wildman–Crippen LogP) is 2.26. The maximum absolute atomic E-state index is 5.46. The highest BCUT2D eigenvalue weighted by Gasteiger charge is 2.06. The number of fused-ring (bicyclic) bond motifs is 1. The lowest BCUT2D eigenvalue weighted by molar-refractivity contribution is 0.419. The van der Waals surface area contributed by atoms with Gasteiger partial charge in [-0.3, -0.25) is 5.84 Å². The molecule has 0 aliphatic heterocycles. The summed E-state index contributed by atoms with van der Waals surface area (Å²) in [6.07, 6.45) is 0. The number of ether oxygens (including phenoxy) is 1. The molecule has 3 N–H and O–H groups in total. The van der Waals surface area contributed by atoms with Crippen molar-refractivity contribution in [3.63, 3.8) is 0 Å². The van der Waals surface area contributed by atoms with Gasteiger partial charge in [0.05, 0.1) is 12.8 Å². The highest BCUT2D eigenvalue weighted by molar-refractivity contribution is 5.94. The van der Waals surface area contributed by atoms with Crippen molar-refractivity contribution in [3.8, 4) is 5.75 Å². The first-order chi connectivity index (χ1) is 7.26. The molecule has 0 fully saturated rings. The van der Waals surface area contributed by atoms with Crippen LogP contribution in [-0.4, -0.2) is 12.1 Å². The number of nitrogens with two attached hydrogens (primary N) is 1. The molecule has 5 heteroatoms. The summed E-state index contributed by atoms with van der Waals surface area (Å²) in [5.41, 5.74) is 5.25. The summed E-state index contributed by atoms with van der Waals surface area (Å²) in [4.78, 5) is 4.43. The molecule has 86 valence electrons. The van der Waals surface area contributed by atoms with Gasteiger partial charge in [0.15, 0.2) is 0 Å². The highest BCUT2D eigenvalue weighted by atomic mass is 35.5. The molecule has 0 saturated heterocycles. The lowest BCUT2D eigenvalue weighted by Crippen LogP contribution is -2.08. The van der Waals surface area contributed by atoms with Crippen LogP contribution in [0.3, 0.4) is 0 Å². The van der Waals surface area contributed by atoms with Crippen molar-refractivity contribution in [1.29, 1.82) is 0 Å². The average Bonchev–Trinajstić information content (AvgIpc) is 2.27. The second-order valence-corrected chi connectivity index (χ2v) is 3.31. The Morgan fingerprint density at radius 1 is 1.38 bits per heavy atom. The van der Waals surface area contributed by atoms with Crippen LogP contribution in [-0.2, 0) is 0 Å². The summed E-state index contributed by atoms with van der Waals surface area (Å²) in [6.45, 7) is 1.92. The zero-order chi connectivity index (χ0) is 10.8. The first-order valence-corrected chi connectivity index (χ1v) is 4.67. The number of benzene rings is 1. The van der Waals surface area contributed by atoms with Crippen molar-refractivity contribution < 1.29 is 4.74 Å². The number of hydrogen-bond donors (Lipinski definition) is 2. The molecular weight excluding hydrogens is 226 g/mol. The molecule has 0 amide bonds. The number of hydrazine groups is 1. The smallest absolute Gasteiger partial charge is 0.145 e. The van der Waals surface area contributed by atoms with Crippen molar-refractivity contribution in [3.05, 3.63) is 30.0 Å². The topological polar surface area (TPSA) is 60.2 Å². The van der Waals surface area contributed by atoms with Gasteiger partial charge >= 0.3 is 0 Å². The number of anilines is 1. The number of halogens is 1. The Kier molecular flexibility index (Phi) is 3.93. The van der Waals surface area contributed by atoms with Gasteiger partial charge in [-0.05, 0) is 19.1 Å². The number of aromatic nitrogens is 1. The Morgan fingerprint density at radius 2 is 2.12 bits per heavy atom. The molecule has 0 unspecified atom stereocenters. The third-order valence-corrected chi connectivity index (χ3v) is 2.31. The normalized spacial score (nSPS) is 9.69. The minimum absolute atomic E-state index is 0. The maximum atomic E-state index is 5.46. The minimum Gasteiger partial charge on any atom is -0.494 e. The van der Waals surface area contributed by atoms with Gasteiger partial charge in [0, 0.05) is 11.1 Å². The highest BCUT2D eigenvalue weighted by Crippen LogP contribution is 2.29. The SMILES string of the molecule is COc1cccc2c(NN)cc(C)nc12.Cl. The molecule has 4 nitrogen and oxygen atoms in total. The summed E-state index contributed by atoms with van der Waals surface area (Å²) in [5, 5.41) is 0.961. The fraction of sp³-hybridized carbons (Fsp3) is 0.182. The average molecular weight is 240 g/mol. The van der Waals surface area contributed by atoms with E-state index in [-0.39, 0.29) is 12.4 Å². The third kappa shape index (κ3) is 2.03. The predicted molar refractivity (Wildman–Crippen MR) is 68.1 cm³/mol. The molecule has 16 heavy (non-hydrogen) atoms. The van der Waals surface area contributed by atoms with E-state index in [2.05, 4.69) is 10.4 Å². The Morgan fingerprint density at radius 3 is 2.75 bits per heavy atom. The number of hydrogen-bond acceptors (Lipinski definition) is 4. The van der Waals surface area contributed by atoms with Gasteiger partial charge in [0.2, 0.25) is 0 Å². The molecule has 0 aliphatic rings. The number of methoxy groups -OCH3 is 1. The zero-order valence-corrected chi connectivity index (χ0v) is 9.97. The first kappa shape index (κ1) is 12.5. The molecule has 0 saturated carbocycles. The monoisotopic (exact) mass is 239 g/mol. The summed E-state index contributed by atoms with van der Waals surface area (Å²) in [6, 6.07) is 7.66. The molecule has 0 spiro atoms. The van der Waals surface area contributed by atoms with Gasteiger partial charge < -0.3 is 10.2 Å². The van der Waals surface area contributed by atoms with Crippen LogP contribution in [0.15, 0.2) is 24.3 Å². The van der Waals surface area contributed by atoms with Gasteiger partial charge in [0.25, 0.3) is 0 Å². The Balaban J connectivity index is 0.00000128. The number of nitrogen functional groups attached to an aromatic ring is 1. The van der Waals surface area contributed by atoms with Gasteiger partial charge in [-0.2, -0.15) is 0 Å². The summed E-state index contributed by atoms with van der Waals surface area (Å²) < 4.78 is 5.25. The number of aryl methyl sites for hydroxylation is 1. The van der Waals surface area contributed by atoms with E-state index in [0.29, 0.717) is 0 Å². The van der Waals surface area contributed by atoms with Crippen LogP contribution in [0.4, 0.5) is 5.69 Å². The van der Waals surface area contributed by atoms with Gasteiger partial charge in [0.1, 0.15) is 11.3 Å². The minimum atomic E-state index is 0. The summed E-state index contributed by atoms with van der Waals surface area (Å²) >= 11 is 0. The summed E-state index contributed by atoms with van der Waals surface area (Å²) in [7, 11) is 1.63. The molecule has 2 aromatic rings. The van der Waals surface area contributed by atoms with Crippen molar-refractivity contribution in [2.75, 3.05) is 12.5 Å². The molecule has 2 rings (SSSR count). The van der Waals surface area contributed by atoms with Crippen molar-refractivity contribution in [1.82, 2.24) is 4.98 Å². The molecule has 0 radical (unpaired) electrons. The van der Waals surface area contributed by atoms with Crippen molar-refractivity contribution >= 4 is 29.0 Å². The van der Waals surface area contributed by atoms with Crippen molar-refractivity contribution in [2.45, 2.75) is 6.92 Å². The van der Waals surface area contributed by atoms with Gasteiger partial charge in [-0.1, -0.05) is 12.1 Å². The van der Waals surface area contributed by atoms with E-state index in [4.69, 9.17) is 10.6 Å². The Bertz CT molecular complexity index is 502. The molecule has 1 aromatic heterocycles. The van der Waals surface area contributed by atoms with E-state index in [1.54, 1.807) is 7.11 Å². The van der Waals surface area contributed by atoms with E-state index in [1.807, 2.05) is 31.2 Å². The van der Waals surface area contributed by atoms with E-state index in [1.165, 1.54) is 0 Å². The van der Waals surface area contributed by atoms with E-state index >= 15 is 0 Å². The fourth-order valence-electron chi connectivity index (χ4n) is 1.63. The van der Waals surface area contributed by atoms with E-state index < -0.39 is 0 Å². The molecule has 0 bridgehead atoms. The quantitative estimate of drug-likeness (QED) is 0.624. The zero-order valence-electron chi connectivity index (χ0n) is 9.15. The number of nitrogens with zero attached hydrogens (tertiary/aromatic N) is 1. The number of para-hydroxylation sites is 1. The molecule has 1 aromatic carbocycles.